The molecule has 0 amide bonds. The molecule has 0 radical (unpaired) electrons. The fraction of sp³-hybridized carbons (Fsp3) is 0.800. The lowest BCUT2D eigenvalue weighted by atomic mass is 10.0. The first-order valence-corrected chi connectivity index (χ1v) is 5.31. The Morgan fingerprint density at radius 1 is 1.13 bits per heavy atom. The van der Waals surface area contributed by atoms with E-state index in [4.69, 9.17) is 0 Å². The average molecular weight is 212 g/mol. The Bertz CT molecular complexity index is 256. The maximum Gasteiger partial charge on any atom is 0.327 e. The summed E-state index contributed by atoms with van der Waals surface area (Å²) in [6, 6.07) is 0.359. The van der Waals surface area contributed by atoms with Crippen LogP contribution in [0.2, 0.25) is 0 Å². The smallest absolute Gasteiger partial charge is 0.327 e. The summed E-state index contributed by atoms with van der Waals surface area (Å²) >= 11 is 0. The molecular weight excluding hydrogens is 196 g/mol. The minimum Gasteiger partial charge on any atom is -0.391 e. The van der Waals surface area contributed by atoms with E-state index >= 15 is 0 Å². The second kappa shape index (κ2) is 4.28. The van der Waals surface area contributed by atoms with Crippen molar-refractivity contribution in [1.29, 1.82) is 0 Å². The van der Waals surface area contributed by atoms with Gasteiger partial charge in [-0.25, -0.2) is 0 Å². The Kier molecular flexibility index (Phi) is 3.02. The largest absolute Gasteiger partial charge is 0.391 e. The van der Waals surface area contributed by atoms with Crippen LogP contribution in [0.5, 0.6) is 0 Å². The van der Waals surface area contributed by atoms with E-state index in [1.54, 1.807) is 0 Å². The van der Waals surface area contributed by atoms with Gasteiger partial charge in [0.2, 0.25) is 0 Å². The molecule has 0 bridgehead atoms. The quantitative estimate of drug-likeness (QED) is 0.432. The number of nitrogens with zero attached hydrogens (tertiary/aromatic N) is 2. The molecule has 2 rings (SSSR count). The van der Waals surface area contributed by atoms with Crippen LogP contribution in [-0.4, -0.2) is 61.0 Å². The van der Waals surface area contributed by atoms with Gasteiger partial charge in [-0.2, -0.15) is 0 Å². The van der Waals surface area contributed by atoms with Gasteiger partial charge in [0.05, 0.1) is 13.1 Å². The fourth-order valence-electron chi connectivity index (χ4n) is 2.20. The summed E-state index contributed by atoms with van der Waals surface area (Å²) in [5.74, 6) is -0.824. The zero-order valence-corrected chi connectivity index (χ0v) is 8.94. The second-order valence-corrected chi connectivity index (χ2v) is 4.29. The monoisotopic (exact) mass is 212 g/mol. The number of hydrogen-bond acceptors (Lipinski definition) is 5. The molecule has 0 aliphatic carbocycles. The third kappa shape index (κ3) is 2.54. The molecule has 0 spiro atoms. The number of rotatable bonds is 1. The van der Waals surface area contributed by atoms with E-state index < -0.39 is 11.9 Å². The molecule has 2 fully saturated rings. The van der Waals surface area contributed by atoms with Crippen molar-refractivity contribution in [3.05, 3.63) is 0 Å². The Morgan fingerprint density at radius 3 is 2.20 bits per heavy atom. The highest BCUT2D eigenvalue weighted by molar-refractivity contribution is 5.90. The highest BCUT2D eigenvalue weighted by atomic mass is 16.6. The van der Waals surface area contributed by atoms with Crippen LogP contribution in [-0.2, 0) is 14.3 Å². The molecule has 0 atom stereocenters. The maximum absolute atomic E-state index is 11.1. The first kappa shape index (κ1) is 10.6. The Hall–Kier alpha value is -0.940. The van der Waals surface area contributed by atoms with Crippen LogP contribution in [0.4, 0.5) is 0 Å². The van der Waals surface area contributed by atoms with E-state index in [1.165, 1.54) is 0 Å². The number of piperidine rings is 1. The minimum absolute atomic E-state index is 0.264. The average Bonchev–Trinajstić information content (AvgIpc) is 2.17. The first-order chi connectivity index (χ1) is 7.15. The van der Waals surface area contributed by atoms with Crippen molar-refractivity contribution >= 4 is 11.9 Å². The number of morpholine rings is 1. The minimum atomic E-state index is -0.412. The normalized spacial score (nSPS) is 26.7. The van der Waals surface area contributed by atoms with E-state index in [-0.39, 0.29) is 13.1 Å². The molecule has 2 saturated heterocycles. The number of hydrogen-bond donors (Lipinski definition) is 0. The number of carbonyl (C=O) groups is 2. The van der Waals surface area contributed by atoms with Gasteiger partial charge in [0.15, 0.2) is 0 Å². The van der Waals surface area contributed by atoms with Gasteiger partial charge >= 0.3 is 11.9 Å². The topological polar surface area (TPSA) is 49.9 Å². The third-order valence-corrected chi connectivity index (χ3v) is 3.10. The van der Waals surface area contributed by atoms with Crippen LogP contribution in [0.3, 0.4) is 0 Å². The molecule has 84 valence electrons. The molecule has 0 saturated carbocycles. The van der Waals surface area contributed by atoms with Gasteiger partial charge in [-0.05, 0) is 33.0 Å². The van der Waals surface area contributed by atoms with Crippen molar-refractivity contribution in [1.82, 2.24) is 9.80 Å². The van der Waals surface area contributed by atoms with Crippen LogP contribution in [0, 0.1) is 0 Å². The van der Waals surface area contributed by atoms with Gasteiger partial charge in [0, 0.05) is 6.04 Å². The van der Waals surface area contributed by atoms with Crippen molar-refractivity contribution in [2.45, 2.75) is 18.9 Å². The van der Waals surface area contributed by atoms with Crippen LogP contribution in [0.15, 0.2) is 0 Å². The van der Waals surface area contributed by atoms with Crippen LogP contribution < -0.4 is 0 Å². The lowest BCUT2D eigenvalue weighted by Crippen LogP contribution is -2.51. The predicted molar refractivity (Wildman–Crippen MR) is 53.2 cm³/mol. The van der Waals surface area contributed by atoms with Gasteiger partial charge in [0.1, 0.15) is 0 Å². The molecule has 5 nitrogen and oxygen atoms in total. The standard InChI is InChI=1S/C10H16N2O3/c1-11-4-2-8(3-5-11)12-6-9(13)15-10(14)7-12/h8H,2-7H2,1H3. The summed E-state index contributed by atoms with van der Waals surface area (Å²) in [7, 11) is 2.09. The van der Waals surface area contributed by atoms with E-state index in [0.717, 1.165) is 25.9 Å². The number of carbonyl (C=O) groups excluding carboxylic acids is 2. The molecule has 0 N–H and O–H groups in total. The Balaban J connectivity index is 1.92. The number of ether oxygens (including phenoxy) is 1. The van der Waals surface area contributed by atoms with Crippen molar-refractivity contribution in [3.63, 3.8) is 0 Å². The molecule has 0 aromatic rings. The molecule has 2 aliphatic heterocycles. The zero-order valence-electron chi connectivity index (χ0n) is 8.94. The molecule has 0 aromatic heterocycles. The first-order valence-electron chi connectivity index (χ1n) is 5.31. The molecule has 2 aliphatic rings. The van der Waals surface area contributed by atoms with Gasteiger partial charge in [0.25, 0.3) is 0 Å². The number of cyclic esters (lactones) is 2. The van der Waals surface area contributed by atoms with Crippen molar-refractivity contribution < 1.29 is 14.3 Å². The summed E-state index contributed by atoms with van der Waals surface area (Å²) < 4.78 is 4.50. The fourth-order valence-corrected chi connectivity index (χ4v) is 2.20. The van der Waals surface area contributed by atoms with E-state index in [0.29, 0.717) is 6.04 Å². The summed E-state index contributed by atoms with van der Waals surface area (Å²) in [5.41, 5.74) is 0. The molecular formula is C10H16N2O3. The van der Waals surface area contributed by atoms with E-state index in [1.807, 2.05) is 4.90 Å². The van der Waals surface area contributed by atoms with Crippen molar-refractivity contribution in [2.75, 3.05) is 33.2 Å². The third-order valence-electron chi connectivity index (χ3n) is 3.10. The van der Waals surface area contributed by atoms with E-state index in [9.17, 15) is 9.59 Å². The molecule has 0 aromatic carbocycles. The van der Waals surface area contributed by atoms with Crippen molar-refractivity contribution in [2.24, 2.45) is 0 Å². The molecule has 2 heterocycles. The SMILES string of the molecule is CN1CCC(N2CC(=O)OC(=O)C2)CC1. The molecule has 0 unspecified atom stereocenters. The summed E-state index contributed by atoms with van der Waals surface area (Å²) in [6.45, 7) is 2.59. The Morgan fingerprint density at radius 2 is 1.67 bits per heavy atom. The summed E-state index contributed by atoms with van der Waals surface area (Å²) in [6.07, 6.45) is 2.05. The lowest BCUT2D eigenvalue weighted by molar-refractivity contribution is -0.168. The zero-order chi connectivity index (χ0) is 10.8. The highest BCUT2D eigenvalue weighted by Gasteiger charge is 2.31. The molecule has 5 heteroatoms. The van der Waals surface area contributed by atoms with E-state index in [2.05, 4.69) is 16.7 Å². The van der Waals surface area contributed by atoms with Crippen LogP contribution >= 0.6 is 0 Å². The van der Waals surface area contributed by atoms with Crippen LogP contribution in [0.1, 0.15) is 12.8 Å². The lowest BCUT2D eigenvalue weighted by Gasteiger charge is -2.37. The second-order valence-electron chi connectivity index (χ2n) is 4.29. The number of likely N-dealkylation sites (tertiary alicyclic amines) is 1. The predicted octanol–water partition coefficient (Wildman–Crippen LogP) is -0.534. The molecule has 15 heavy (non-hydrogen) atoms. The summed E-state index contributed by atoms with van der Waals surface area (Å²) in [4.78, 5) is 26.4. The van der Waals surface area contributed by atoms with Crippen molar-refractivity contribution in [3.8, 4) is 0 Å². The van der Waals surface area contributed by atoms with Gasteiger partial charge < -0.3 is 9.64 Å². The maximum atomic E-state index is 11.1. The Labute approximate surface area is 89.0 Å². The highest BCUT2D eigenvalue weighted by Crippen LogP contribution is 2.17. The van der Waals surface area contributed by atoms with Gasteiger partial charge in [-0.15, -0.1) is 0 Å². The summed E-state index contributed by atoms with van der Waals surface area (Å²) in [5, 5.41) is 0. The van der Waals surface area contributed by atoms with Gasteiger partial charge in [-0.1, -0.05) is 0 Å². The number of esters is 2. The van der Waals surface area contributed by atoms with Gasteiger partial charge in [-0.3, -0.25) is 14.5 Å². The van der Waals surface area contributed by atoms with Crippen LogP contribution in [0.25, 0.3) is 0 Å².